The molecular weight excluding hydrogens is 182 g/mol. The molecule has 4 N–H and O–H groups in total. The van der Waals surface area contributed by atoms with Crippen LogP contribution in [-0.4, -0.2) is 21.3 Å². The molecular formula is C9H15N3O2. The lowest BCUT2D eigenvalue weighted by atomic mass is 9.88. The van der Waals surface area contributed by atoms with Crippen LogP contribution in [0.1, 0.15) is 32.0 Å². The van der Waals surface area contributed by atoms with Crippen LogP contribution in [0.15, 0.2) is 0 Å². The molecule has 0 aliphatic carbocycles. The summed E-state index contributed by atoms with van der Waals surface area (Å²) >= 11 is 0. The first kappa shape index (κ1) is 10.6. The van der Waals surface area contributed by atoms with Gasteiger partial charge in [-0.3, -0.25) is 9.89 Å². The number of hydrogen-bond acceptors (Lipinski definition) is 3. The average Bonchev–Trinajstić information content (AvgIpc) is 2.30. The van der Waals surface area contributed by atoms with Gasteiger partial charge in [-0.1, -0.05) is 20.8 Å². The molecule has 0 unspecified atom stereocenters. The van der Waals surface area contributed by atoms with Crippen LogP contribution in [0, 0.1) is 0 Å². The minimum absolute atomic E-state index is 0.0884. The monoisotopic (exact) mass is 197 g/mol. The zero-order valence-corrected chi connectivity index (χ0v) is 8.59. The SMILES string of the molecule is CC(C)(C)c1[nH]nc(N)c1CC(=O)O. The average molecular weight is 197 g/mol. The Hall–Kier alpha value is -1.52. The number of nitrogens with zero attached hydrogens (tertiary/aromatic N) is 1. The quantitative estimate of drug-likeness (QED) is 0.657. The van der Waals surface area contributed by atoms with E-state index in [9.17, 15) is 4.79 Å². The maximum atomic E-state index is 10.6. The number of aliphatic carboxylic acids is 1. The first-order chi connectivity index (χ1) is 6.32. The van der Waals surface area contributed by atoms with E-state index in [4.69, 9.17) is 10.8 Å². The summed E-state index contributed by atoms with van der Waals surface area (Å²) in [6.07, 6.45) is -0.0884. The fourth-order valence-corrected chi connectivity index (χ4v) is 1.33. The van der Waals surface area contributed by atoms with Crippen LogP contribution in [0.2, 0.25) is 0 Å². The van der Waals surface area contributed by atoms with Crippen molar-refractivity contribution in [3.8, 4) is 0 Å². The highest BCUT2D eigenvalue weighted by atomic mass is 16.4. The van der Waals surface area contributed by atoms with Gasteiger partial charge < -0.3 is 10.8 Å². The molecule has 1 aromatic rings. The van der Waals surface area contributed by atoms with Gasteiger partial charge in [-0.2, -0.15) is 5.10 Å². The summed E-state index contributed by atoms with van der Waals surface area (Å²) in [5.41, 5.74) is 6.79. The number of H-pyrrole nitrogens is 1. The number of aromatic nitrogens is 2. The molecule has 0 fully saturated rings. The minimum atomic E-state index is -0.899. The predicted molar refractivity (Wildman–Crippen MR) is 53.0 cm³/mol. The predicted octanol–water partition coefficient (Wildman–Crippen LogP) is 0.917. The Morgan fingerprint density at radius 2 is 2.14 bits per heavy atom. The van der Waals surface area contributed by atoms with E-state index in [1.54, 1.807) is 0 Å². The lowest BCUT2D eigenvalue weighted by Crippen LogP contribution is -2.16. The zero-order chi connectivity index (χ0) is 10.9. The Morgan fingerprint density at radius 3 is 2.57 bits per heavy atom. The number of carboxylic acid groups (broad SMARTS) is 1. The van der Waals surface area contributed by atoms with Gasteiger partial charge in [0, 0.05) is 16.7 Å². The molecule has 78 valence electrons. The Bertz CT molecular complexity index is 349. The number of rotatable bonds is 2. The molecule has 0 aliphatic heterocycles. The Labute approximate surface area is 82.3 Å². The van der Waals surface area contributed by atoms with E-state index in [1.807, 2.05) is 20.8 Å². The van der Waals surface area contributed by atoms with Crippen molar-refractivity contribution >= 4 is 11.8 Å². The molecule has 1 rings (SSSR count). The lowest BCUT2D eigenvalue weighted by Gasteiger charge is -2.17. The van der Waals surface area contributed by atoms with Crippen LogP contribution in [0.3, 0.4) is 0 Å². The largest absolute Gasteiger partial charge is 0.481 e. The summed E-state index contributed by atoms with van der Waals surface area (Å²) in [4.78, 5) is 10.6. The van der Waals surface area contributed by atoms with Gasteiger partial charge in [0.05, 0.1) is 6.42 Å². The lowest BCUT2D eigenvalue weighted by molar-refractivity contribution is -0.136. The molecule has 0 saturated carbocycles. The molecule has 0 amide bonds. The molecule has 0 aromatic carbocycles. The van der Waals surface area contributed by atoms with Gasteiger partial charge in [-0.05, 0) is 0 Å². The van der Waals surface area contributed by atoms with Crippen LogP contribution in [0.25, 0.3) is 0 Å². The number of nitrogen functional groups attached to an aromatic ring is 1. The van der Waals surface area contributed by atoms with Crippen LogP contribution in [0.5, 0.6) is 0 Å². The standard InChI is InChI=1S/C9H15N3O2/c1-9(2,3)7-5(4-6(13)14)8(10)12-11-7/h4H2,1-3H3,(H,13,14)(H3,10,11,12). The normalized spacial score (nSPS) is 11.6. The van der Waals surface area contributed by atoms with Crippen molar-refractivity contribution in [3.05, 3.63) is 11.3 Å². The zero-order valence-electron chi connectivity index (χ0n) is 8.59. The second-order valence-corrected chi connectivity index (χ2v) is 4.28. The van der Waals surface area contributed by atoms with Gasteiger partial charge in [0.15, 0.2) is 0 Å². The molecule has 1 aromatic heterocycles. The summed E-state index contributed by atoms with van der Waals surface area (Å²) in [5, 5.41) is 15.3. The number of carbonyl (C=O) groups is 1. The Morgan fingerprint density at radius 1 is 1.57 bits per heavy atom. The van der Waals surface area contributed by atoms with Gasteiger partial charge in [-0.25, -0.2) is 0 Å². The third-order valence-corrected chi connectivity index (χ3v) is 1.98. The Kier molecular flexibility index (Phi) is 2.51. The molecule has 5 heteroatoms. The van der Waals surface area contributed by atoms with Gasteiger partial charge in [0.1, 0.15) is 5.82 Å². The van der Waals surface area contributed by atoms with Crippen molar-refractivity contribution in [2.45, 2.75) is 32.6 Å². The molecule has 5 nitrogen and oxygen atoms in total. The molecule has 0 atom stereocenters. The van der Waals surface area contributed by atoms with E-state index >= 15 is 0 Å². The van der Waals surface area contributed by atoms with Crippen LogP contribution < -0.4 is 5.73 Å². The maximum absolute atomic E-state index is 10.6. The summed E-state index contributed by atoms with van der Waals surface area (Å²) in [6, 6.07) is 0. The van der Waals surface area contributed by atoms with E-state index in [-0.39, 0.29) is 17.7 Å². The second kappa shape index (κ2) is 3.32. The number of nitrogens with one attached hydrogen (secondary N) is 1. The summed E-state index contributed by atoms with van der Waals surface area (Å²) in [5.74, 6) is -0.624. The highest BCUT2D eigenvalue weighted by Gasteiger charge is 2.23. The summed E-state index contributed by atoms with van der Waals surface area (Å²) in [6.45, 7) is 5.93. The molecule has 0 bridgehead atoms. The first-order valence-electron chi connectivity index (χ1n) is 4.37. The summed E-state index contributed by atoms with van der Waals surface area (Å²) < 4.78 is 0. The molecule has 14 heavy (non-hydrogen) atoms. The van der Waals surface area contributed by atoms with E-state index in [0.717, 1.165) is 5.69 Å². The van der Waals surface area contributed by atoms with Crippen molar-refractivity contribution in [2.24, 2.45) is 0 Å². The van der Waals surface area contributed by atoms with E-state index in [0.29, 0.717) is 5.56 Å². The molecule has 0 radical (unpaired) electrons. The fourth-order valence-electron chi connectivity index (χ4n) is 1.33. The molecule has 1 heterocycles. The van der Waals surface area contributed by atoms with E-state index in [2.05, 4.69) is 10.2 Å². The highest BCUT2D eigenvalue weighted by molar-refractivity contribution is 5.73. The van der Waals surface area contributed by atoms with Crippen molar-refractivity contribution in [1.29, 1.82) is 0 Å². The number of hydrogen-bond donors (Lipinski definition) is 3. The van der Waals surface area contributed by atoms with Crippen molar-refractivity contribution < 1.29 is 9.90 Å². The third-order valence-electron chi connectivity index (χ3n) is 1.98. The fraction of sp³-hybridized carbons (Fsp3) is 0.556. The number of aromatic amines is 1. The molecule has 0 spiro atoms. The molecule has 0 aliphatic rings. The van der Waals surface area contributed by atoms with Crippen molar-refractivity contribution in [2.75, 3.05) is 5.73 Å². The highest BCUT2D eigenvalue weighted by Crippen LogP contribution is 2.27. The van der Waals surface area contributed by atoms with E-state index < -0.39 is 5.97 Å². The van der Waals surface area contributed by atoms with Gasteiger partial charge in [0.2, 0.25) is 0 Å². The number of anilines is 1. The van der Waals surface area contributed by atoms with Crippen LogP contribution >= 0.6 is 0 Å². The summed E-state index contributed by atoms with van der Waals surface area (Å²) in [7, 11) is 0. The van der Waals surface area contributed by atoms with E-state index in [1.165, 1.54) is 0 Å². The topological polar surface area (TPSA) is 92.0 Å². The van der Waals surface area contributed by atoms with Crippen molar-refractivity contribution in [1.82, 2.24) is 10.2 Å². The van der Waals surface area contributed by atoms with Gasteiger partial charge >= 0.3 is 5.97 Å². The number of carboxylic acids is 1. The Balaban J connectivity index is 3.13. The number of nitrogens with two attached hydrogens (primary N) is 1. The smallest absolute Gasteiger partial charge is 0.308 e. The third kappa shape index (κ3) is 2.04. The molecule has 0 saturated heterocycles. The van der Waals surface area contributed by atoms with Gasteiger partial charge in [-0.15, -0.1) is 0 Å². The minimum Gasteiger partial charge on any atom is -0.481 e. The first-order valence-corrected chi connectivity index (χ1v) is 4.37. The second-order valence-electron chi connectivity index (χ2n) is 4.28. The van der Waals surface area contributed by atoms with Crippen molar-refractivity contribution in [3.63, 3.8) is 0 Å². The van der Waals surface area contributed by atoms with Crippen LogP contribution in [-0.2, 0) is 16.6 Å². The maximum Gasteiger partial charge on any atom is 0.308 e. The van der Waals surface area contributed by atoms with Crippen LogP contribution in [0.4, 0.5) is 5.82 Å². The van der Waals surface area contributed by atoms with Gasteiger partial charge in [0.25, 0.3) is 0 Å².